The van der Waals surface area contributed by atoms with E-state index in [1.807, 2.05) is 6.07 Å². The molecule has 5 heteroatoms. The summed E-state index contributed by atoms with van der Waals surface area (Å²) in [5.74, 6) is 0.618. The van der Waals surface area contributed by atoms with Crippen LogP contribution in [0.2, 0.25) is 0 Å². The van der Waals surface area contributed by atoms with Crippen LogP contribution in [0.15, 0.2) is 23.2 Å². The summed E-state index contributed by atoms with van der Waals surface area (Å²) in [7, 11) is 1.58. The van der Waals surface area contributed by atoms with Crippen LogP contribution in [0.5, 0.6) is 5.88 Å². The van der Waals surface area contributed by atoms with Crippen molar-refractivity contribution in [3.63, 3.8) is 0 Å². The number of nitrogens with zero attached hydrogens (tertiary/aromatic N) is 1. The molecule has 0 spiro atoms. The van der Waals surface area contributed by atoms with Crippen molar-refractivity contribution < 1.29 is 14.9 Å². The number of aliphatic hydroxyl groups is 2. The normalized spacial score (nSPS) is 11.5. The molecule has 2 N–H and O–H groups in total. The summed E-state index contributed by atoms with van der Waals surface area (Å²) < 4.78 is 4.82. The third-order valence-corrected chi connectivity index (χ3v) is 2.69. The fourth-order valence-electron chi connectivity index (χ4n) is 0.493. The average Bonchev–Trinajstić information content (AvgIpc) is 2.17. The van der Waals surface area contributed by atoms with Gasteiger partial charge in [0.05, 0.1) is 18.3 Å². The van der Waals surface area contributed by atoms with Crippen molar-refractivity contribution in [2.24, 2.45) is 0 Å². The van der Waals surface area contributed by atoms with Gasteiger partial charge in [-0.05, 0) is 33.8 Å². The van der Waals surface area contributed by atoms with Crippen LogP contribution in [-0.4, -0.2) is 33.5 Å². The van der Waals surface area contributed by atoms with Gasteiger partial charge < -0.3 is 14.9 Å². The van der Waals surface area contributed by atoms with E-state index < -0.39 is 11.2 Å². The summed E-state index contributed by atoms with van der Waals surface area (Å²) in [6.07, 6.45) is 1.64. The Bertz CT molecular complexity index is 313. The predicted octanol–water partition coefficient (Wildman–Crippen LogP) is 1.91. The molecule has 0 saturated carbocycles. The number of methoxy groups -OCH3 is 1. The largest absolute Gasteiger partial charge is 0.481 e. The summed E-state index contributed by atoms with van der Waals surface area (Å²) in [5.41, 5.74) is -2.01. The molecule has 1 heterocycles. The van der Waals surface area contributed by atoms with Gasteiger partial charge in [0.2, 0.25) is 5.88 Å². The predicted molar refractivity (Wildman–Crippen MR) is 70.6 cm³/mol. The first-order chi connectivity index (χ1) is 7.58. The summed E-state index contributed by atoms with van der Waals surface area (Å²) in [6.45, 7) is 6.31. The second-order valence-corrected chi connectivity index (χ2v) is 5.19. The number of hydrogen-bond acceptors (Lipinski definition) is 5. The summed E-state index contributed by atoms with van der Waals surface area (Å²) in [4.78, 5) is 4.74. The lowest BCUT2D eigenvalue weighted by molar-refractivity contribution is -0.107. The molecule has 1 aromatic heterocycles. The molecule has 0 aliphatic rings. The van der Waals surface area contributed by atoms with Gasteiger partial charge in [-0.25, -0.2) is 4.98 Å². The van der Waals surface area contributed by atoms with Crippen LogP contribution >= 0.6 is 12.6 Å². The Balaban J connectivity index is 0.000000304. The Hall–Kier alpha value is -0.780. The number of aromatic nitrogens is 1. The zero-order chi connectivity index (χ0) is 13.7. The molecule has 17 heavy (non-hydrogen) atoms. The molecule has 98 valence electrons. The van der Waals surface area contributed by atoms with Crippen LogP contribution in [0.25, 0.3) is 0 Å². The number of rotatable bonds is 2. The molecule has 0 bridgehead atoms. The standard InChI is InChI=1S/C6H7NOS.C6H14O2/c1-8-6-3-2-5(9)4-7-6;1-5(2,7)6(3,4)8/h2-4,9H,1H3;7-8H,1-4H3. The quantitative estimate of drug-likeness (QED) is 0.710. The number of pyridine rings is 1. The Kier molecular flexibility index (Phi) is 5.95. The van der Waals surface area contributed by atoms with Gasteiger partial charge in [-0.1, -0.05) is 0 Å². The maximum Gasteiger partial charge on any atom is 0.212 e. The zero-order valence-corrected chi connectivity index (χ0v) is 11.8. The van der Waals surface area contributed by atoms with E-state index in [0.717, 1.165) is 4.90 Å². The maximum atomic E-state index is 9.10. The van der Waals surface area contributed by atoms with Crippen LogP contribution in [0.4, 0.5) is 0 Å². The van der Waals surface area contributed by atoms with E-state index in [0.29, 0.717) is 5.88 Å². The molecule has 0 atom stereocenters. The van der Waals surface area contributed by atoms with Crippen molar-refractivity contribution in [3.8, 4) is 5.88 Å². The Morgan fingerprint density at radius 2 is 1.59 bits per heavy atom. The molecule has 0 aliphatic heterocycles. The Morgan fingerprint density at radius 3 is 1.82 bits per heavy atom. The van der Waals surface area contributed by atoms with Gasteiger partial charge in [-0.3, -0.25) is 0 Å². The molecule has 0 saturated heterocycles. The third-order valence-electron chi connectivity index (χ3n) is 2.43. The highest BCUT2D eigenvalue weighted by molar-refractivity contribution is 7.80. The van der Waals surface area contributed by atoms with Crippen molar-refractivity contribution in [2.45, 2.75) is 43.8 Å². The monoisotopic (exact) mass is 259 g/mol. The molecule has 1 rings (SSSR count). The van der Waals surface area contributed by atoms with Gasteiger partial charge in [0.25, 0.3) is 0 Å². The number of thiol groups is 1. The second-order valence-electron chi connectivity index (χ2n) is 4.68. The summed E-state index contributed by atoms with van der Waals surface area (Å²) in [6, 6.07) is 3.59. The van der Waals surface area contributed by atoms with Crippen molar-refractivity contribution in [1.82, 2.24) is 4.98 Å². The Morgan fingerprint density at radius 1 is 1.12 bits per heavy atom. The molecule has 0 aromatic carbocycles. The van der Waals surface area contributed by atoms with Crippen LogP contribution in [0.3, 0.4) is 0 Å². The van der Waals surface area contributed by atoms with E-state index in [4.69, 9.17) is 14.9 Å². The molecule has 0 radical (unpaired) electrons. The van der Waals surface area contributed by atoms with Crippen LogP contribution in [0.1, 0.15) is 27.7 Å². The topological polar surface area (TPSA) is 62.6 Å². The highest BCUT2D eigenvalue weighted by Crippen LogP contribution is 2.19. The van der Waals surface area contributed by atoms with Gasteiger partial charge in [-0.15, -0.1) is 12.6 Å². The highest BCUT2D eigenvalue weighted by Gasteiger charge is 2.31. The second kappa shape index (κ2) is 6.23. The Labute approximate surface area is 108 Å². The highest BCUT2D eigenvalue weighted by atomic mass is 32.1. The molecule has 1 aromatic rings. The van der Waals surface area contributed by atoms with Crippen molar-refractivity contribution >= 4 is 12.6 Å². The molecule has 0 amide bonds. The minimum atomic E-state index is -1.01. The van der Waals surface area contributed by atoms with Crippen molar-refractivity contribution in [2.75, 3.05) is 7.11 Å². The number of hydrogen-bond donors (Lipinski definition) is 3. The molecule has 0 fully saturated rings. The number of ether oxygens (including phenoxy) is 1. The molecular weight excluding hydrogens is 238 g/mol. The first-order valence-corrected chi connectivity index (χ1v) is 5.66. The fourth-order valence-corrected chi connectivity index (χ4v) is 0.626. The van der Waals surface area contributed by atoms with Gasteiger partial charge in [0.15, 0.2) is 0 Å². The van der Waals surface area contributed by atoms with Gasteiger partial charge in [-0.2, -0.15) is 0 Å². The lowest BCUT2D eigenvalue weighted by Crippen LogP contribution is -2.44. The zero-order valence-electron chi connectivity index (χ0n) is 10.9. The first-order valence-electron chi connectivity index (χ1n) is 5.21. The third kappa shape index (κ3) is 6.51. The average molecular weight is 259 g/mol. The molecule has 4 nitrogen and oxygen atoms in total. The first kappa shape index (κ1) is 16.2. The van der Waals surface area contributed by atoms with E-state index in [-0.39, 0.29) is 0 Å². The smallest absolute Gasteiger partial charge is 0.212 e. The summed E-state index contributed by atoms with van der Waals surface area (Å²) in [5, 5.41) is 18.2. The minimum Gasteiger partial charge on any atom is -0.481 e. The summed E-state index contributed by atoms with van der Waals surface area (Å²) >= 11 is 4.05. The van der Waals surface area contributed by atoms with Crippen LogP contribution in [0, 0.1) is 0 Å². The van der Waals surface area contributed by atoms with E-state index >= 15 is 0 Å². The van der Waals surface area contributed by atoms with Gasteiger partial charge >= 0.3 is 0 Å². The van der Waals surface area contributed by atoms with Crippen molar-refractivity contribution in [1.29, 1.82) is 0 Å². The van der Waals surface area contributed by atoms with E-state index in [9.17, 15) is 0 Å². The SMILES string of the molecule is CC(C)(O)C(C)(C)O.COc1ccc(S)cn1. The van der Waals surface area contributed by atoms with E-state index in [1.54, 1.807) is 47.1 Å². The van der Waals surface area contributed by atoms with E-state index in [2.05, 4.69) is 17.6 Å². The van der Waals surface area contributed by atoms with Crippen molar-refractivity contribution in [3.05, 3.63) is 18.3 Å². The van der Waals surface area contributed by atoms with E-state index in [1.165, 1.54) is 0 Å². The maximum absolute atomic E-state index is 9.10. The van der Waals surface area contributed by atoms with Crippen LogP contribution in [-0.2, 0) is 0 Å². The molecular formula is C12H21NO3S. The minimum absolute atomic E-state index is 0.618. The van der Waals surface area contributed by atoms with Gasteiger partial charge in [0, 0.05) is 17.2 Å². The molecule has 0 unspecified atom stereocenters. The lowest BCUT2D eigenvalue weighted by atomic mass is 9.90. The van der Waals surface area contributed by atoms with Crippen LogP contribution < -0.4 is 4.74 Å². The lowest BCUT2D eigenvalue weighted by Gasteiger charge is -2.31. The van der Waals surface area contributed by atoms with Gasteiger partial charge in [0.1, 0.15) is 0 Å². The molecule has 0 aliphatic carbocycles. The fraction of sp³-hybridized carbons (Fsp3) is 0.583.